The molecule has 1 aliphatic rings. The van der Waals surface area contributed by atoms with Crippen LogP contribution in [0.3, 0.4) is 0 Å². The lowest BCUT2D eigenvalue weighted by Gasteiger charge is -2.28. The zero-order chi connectivity index (χ0) is 17.5. The first-order valence-electron chi connectivity index (χ1n) is 7.54. The quantitative estimate of drug-likeness (QED) is 0.322. The third-order valence-electron chi connectivity index (χ3n) is 3.17. The van der Waals surface area contributed by atoms with Crippen molar-refractivity contribution in [1.29, 1.82) is 0 Å². The van der Waals surface area contributed by atoms with Gasteiger partial charge in [-0.2, -0.15) is 0 Å². The van der Waals surface area contributed by atoms with Crippen molar-refractivity contribution in [3.8, 4) is 11.5 Å². The SMILES string of the molecule is CC(C)COC(=O)Oc1ccc2c(c1)CN(CCO[N+](=O)[O-])CO2. The molecule has 0 saturated heterocycles. The van der Waals surface area contributed by atoms with Crippen LogP contribution in [0.2, 0.25) is 0 Å². The number of hydrogen-bond donors (Lipinski definition) is 0. The standard InChI is InChI=1S/C15H20N2O7/c1-11(2)9-21-15(18)24-13-3-4-14-12(7-13)8-16(10-22-14)5-6-23-17(19)20/h3-4,7,11H,5-6,8-10H2,1-2H3. The fraction of sp³-hybridized carbons (Fsp3) is 0.533. The van der Waals surface area contributed by atoms with Crippen LogP contribution in [0.4, 0.5) is 4.79 Å². The smallest absolute Gasteiger partial charge is 0.478 e. The molecule has 0 N–H and O–H groups in total. The van der Waals surface area contributed by atoms with Gasteiger partial charge in [0.15, 0.2) is 0 Å². The fourth-order valence-electron chi connectivity index (χ4n) is 2.08. The summed E-state index contributed by atoms with van der Waals surface area (Å²) in [5.41, 5.74) is 0.816. The van der Waals surface area contributed by atoms with E-state index < -0.39 is 11.2 Å². The third kappa shape index (κ3) is 5.58. The van der Waals surface area contributed by atoms with Crippen molar-refractivity contribution >= 4 is 6.16 Å². The summed E-state index contributed by atoms with van der Waals surface area (Å²) < 4.78 is 15.7. The molecule has 1 aromatic rings. The second-order valence-electron chi connectivity index (χ2n) is 5.71. The second kappa shape index (κ2) is 8.34. The van der Waals surface area contributed by atoms with Crippen molar-refractivity contribution in [3.63, 3.8) is 0 Å². The van der Waals surface area contributed by atoms with E-state index in [1.54, 1.807) is 18.2 Å². The summed E-state index contributed by atoms with van der Waals surface area (Å²) in [5, 5.41) is 9.33. The molecular formula is C15H20N2O7. The van der Waals surface area contributed by atoms with Gasteiger partial charge in [-0.05, 0) is 24.1 Å². The van der Waals surface area contributed by atoms with Crippen molar-refractivity contribution in [2.75, 3.05) is 26.5 Å². The zero-order valence-electron chi connectivity index (χ0n) is 13.6. The van der Waals surface area contributed by atoms with Gasteiger partial charge in [-0.1, -0.05) is 13.8 Å². The van der Waals surface area contributed by atoms with Crippen LogP contribution in [0, 0.1) is 16.0 Å². The Bertz CT molecular complexity index is 591. The van der Waals surface area contributed by atoms with Crippen molar-refractivity contribution < 1.29 is 28.9 Å². The number of fused-ring (bicyclic) bond motifs is 1. The number of hydrogen-bond acceptors (Lipinski definition) is 8. The number of carbonyl (C=O) groups excluding carboxylic acids is 1. The van der Waals surface area contributed by atoms with E-state index in [1.807, 2.05) is 18.7 Å². The van der Waals surface area contributed by atoms with Gasteiger partial charge in [0.2, 0.25) is 0 Å². The molecule has 0 saturated carbocycles. The molecule has 1 heterocycles. The summed E-state index contributed by atoms with van der Waals surface area (Å²) in [5.74, 6) is 1.27. The van der Waals surface area contributed by atoms with Crippen molar-refractivity contribution in [1.82, 2.24) is 4.90 Å². The molecule has 2 rings (SSSR count). The molecule has 0 unspecified atom stereocenters. The monoisotopic (exact) mass is 340 g/mol. The highest BCUT2D eigenvalue weighted by molar-refractivity contribution is 5.64. The maximum atomic E-state index is 11.6. The zero-order valence-corrected chi connectivity index (χ0v) is 13.6. The molecule has 0 fully saturated rings. The summed E-state index contributed by atoms with van der Waals surface area (Å²) >= 11 is 0. The van der Waals surface area contributed by atoms with Crippen LogP contribution in [-0.2, 0) is 16.1 Å². The van der Waals surface area contributed by atoms with Gasteiger partial charge in [-0.15, -0.1) is 10.1 Å². The molecule has 0 aliphatic carbocycles. The van der Waals surface area contributed by atoms with E-state index >= 15 is 0 Å². The van der Waals surface area contributed by atoms with E-state index in [0.29, 0.717) is 31.3 Å². The van der Waals surface area contributed by atoms with Crippen molar-refractivity contribution in [2.24, 2.45) is 5.92 Å². The van der Waals surface area contributed by atoms with Crippen LogP contribution in [0.25, 0.3) is 0 Å². The Hall–Kier alpha value is -2.55. The minimum atomic E-state index is -0.826. The summed E-state index contributed by atoms with van der Waals surface area (Å²) in [4.78, 5) is 27.9. The number of benzene rings is 1. The van der Waals surface area contributed by atoms with Crippen LogP contribution in [0.15, 0.2) is 18.2 Å². The lowest BCUT2D eigenvalue weighted by molar-refractivity contribution is -0.757. The van der Waals surface area contributed by atoms with Gasteiger partial charge in [-0.3, -0.25) is 4.90 Å². The fourth-order valence-corrected chi connectivity index (χ4v) is 2.08. The molecule has 0 bridgehead atoms. The summed E-state index contributed by atoms with van der Waals surface area (Å²) in [7, 11) is 0. The molecule has 1 aromatic carbocycles. The van der Waals surface area contributed by atoms with E-state index in [1.165, 1.54) is 0 Å². The Morgan fingerprint density at radius 1 is 1.46 bits per heavy atom. The van der Waals surface area contributed by atoms with Crippen LogP contribution in [0.5, 0.6) is 11.5 Å². The highest BCUT2D eigenvalue weighted by Gasteiger charge is 2.19. The van der Waals surface area contributed by atoms with E-state index in [4.69, 9.17) is 14.2 Å². The Morgan fingerprint density at radius 3 is 2.96 bits per heavy atom. The van der Waals surface area contributed by atoms with Gasteiger partial charge >= 0.3 is 6.16 Å². The molecule has 0 radical (unpaired) electrons. The largest absolute Gasteiger partial charge is 0.513 e. The van der Waals surface area contributed by atoms with Crippen molar-refractivity contribution in [3.05, 3.63) is 33.9 Å². The Labute approximate surface area is 139 Å². The highest BCUT2D eigenvalue weighted by atomic mass is 16.9. The number of ether oxygens (including phenoxy) is 3. The molecule has 24 heavy (non-hydrogen) atoms. The normalized spacial score (nSPS) is 13.8. The number of nitrogens with zero attached hydrogens (tertiary/aromatic N) is 2. The Kier molecular flexibility index (Phi) is 6.19. The van der Waals surface area contributed by atoms with Crippen LogP contribution in [-0.4, -0.2) is 42.6 Å². The predicted octanol–water partition coefficient (Wildman–Crippen LogP) is 2.22. The van der Waals surface area contributed by atoms with E-state index in [0.717, 1.165) is 5.56 Å². The number of rotatable bonds is 7. The number of carbonyl (C=O) groups is 1. The summed E-state index contributed by atoms with van der Waals surface area (Å²) in [6.45, 7) is 5.28. The predicted molar refractivity (Wildman–Crippen MR) is 82.1 cm³/mol. The molecule has 9 nitrogen and oxygen atoms in total. The molecule has 0 aromatic heterocycles. The highest BCUT2D eigenvalue weighted by Crippen LogP contribution is 2.29. The van der Waals surface area contributed by atoms with Crippen molar-refractivity contribution in [2.45, 2.75) is 20.4 Å². The van der Waals surface area contributed by atoms with Crippen LogP contribution in [0.1, 0.15) is 19.4 Å². The molecular weight excluding hydrogens is 320 g/mol. The van der Waals surface area contributed by atoms with Gasteiger partial charge in [0, 0.05) is 18.7 Å². The van der Waals surface area contributed by atoms with Gasteiger partial charge < -0.3 is 19.0 Å². The molecule has 0 amide bonds. The lowest BCUT2D eigenvalue weighted by atomic mass is 10.1. The van der Waals surface area contributed by atoms with E-state index in [2.05, 4.69) is 4.84 Å². The molecule has 0 spiro atoms. The van der Waals surface area contributed by atoms with Gasteiger partial charge in [0.1, 0.15) is 24.8 Å². The van der Waals surface area contributed by atoms with Gasteiger partial charge in [0.25, 0.3) is 5.09 Å². The maximum absolute atomic E-state index is 11.6. The maximum Gasteiger partial charge on any atom is 0.513 e. The first-order valence-corrected chi connectivity index (χ1v) is 7.54. The average Bonchev–Trinajstić information content (AvgIpc) is 2.52. The molecule has 0 atom stereocenters. The first-order chi connectivity index (χ1) is 11.4. The topological polar surface area (TPSA) is 100 Å². The average molecular weight is 340 g/mol. The molecule has 1 aliphatic heterocycles. The molecule has 9 heteroatoms. The summed E-state index contributed by atoms with van der Waals surface area (Å²) in [6, 6.07) is 5.03. The van der Waals surface area contributed by atoms with Gasteiger partial charge in [-0.25, -0.2) is 4.79 Å². The minimum Gasteiger partial charge on any atom is -0.478 e. The van der Waals surface area contributed by atoms with Gasteiger partial charge in [0.05, 0.1) is 6.61 Å². The van der Waals surface area contributed by atoms with E-state index in [-0.39, 0.29) is 19.1 Å². The molecule has 132 valence electrons. The second-order valence-corrected chi connectivity index (χ2v) is 5.71. The van der Waals surface area contributed by atoms with E-state index in [9.17, 15) is 14.9 Å². The summed E-state index contributed by atoms with van der Waals surface area (Å²) in [6.07, 6.45) is -0.753. The van der Waals surface area contributed by atoms with Crippen LogP contribution >= 0.6 is 0 Å². The Balaban J connectivity index is 1.90. The lowest BCUT2D eigenvalue weighted by Crippen LogP contribution is -2.34. The first kappa shape index (κ1) is 17.8. The Morgan fingerprint density at radius 2 is 2.25 bits per heavy atom. The minimum absolute atomic E-state index is 0.0383. The van der Waals surface area contributed by atoms with Crippen LogP contribution < -0.4 is 9.47 Å². The third-order valence-corrected chi connectivity index (χ3v) is 3.17.